The topological polar surface area (TPSA) is 55.0 Å². The van der Waals surface area contributed by atoms with Crippen molar-refractivity contribution in [2.75, 3.05) is 11.9 Å². The summed E-state index contributed by atoms with van der Waals surface area (Å²) in [6, 6.07) is 6.30. The second-order valence-electron chi connectivity index (χ2n) is 4.02. The Balaban J connectivity index is 2.34. The summed E-state index contributed by atoms with van der Waals surface area (Å²) < 4.78 is 13.2. The lowest BCUT2D eigenvalue weighted by atomic mass is 10.2. The molecule has 2 aromatic rings. The van der Waals surface area contributed by atoms with Crippen LogP contribution in [0.2, 0.25) is 0 Å². The van der Waals surface area contributed by atoms with Gasteiger partial charge in [0.2, 0.25) is 5.95 Å². The summed E-state index contributed by atoms with van der Waals surface area (Å²) in [6.45, 7) is 2.29. The van der Waals surface area contributed by atoms with Crippen LogP contribution in [-0.4, -0.2) is 17.0 Å². The molecule has 5 heteroatoms. The van der Waals surface area contributed by atoms with Crippen molar-refractivity contribution < 1.29 is 4.39 Å². The summed E-state index contributed by atoms with van der Waals surface area (Å²) in [6.07, 6.45) is 1.70. The second kappa shape index (κ2) is 5.10. The van der Waals surface area contributed by atoms with Crippen LogP contribution < -0.4 is 10.6 Å². The van der Waals surface area contributed by atoms with E-state index >= 15 is 0 Å². The first-order valence-corrected chi connectivity index (χ1v) is 5.63. The van der Waals surface area contributed by atoms with Gasteiger partial charge in [-0.3, -0.25) is 0 Å². The number of nitrogens with zero attached hydrogens (tertiary/aromatic N) is 3. The van der Waals surface area contributed by atoms with Crippen molar-refractivity contribution in [3.8, 4) is 0 Å². The Morgan fingerprint density at radius 3 is 2.78 bits per heavy atom. The molecular formula is C13H15FN4. The van der Waals surface area contributed by atoms with Crippen LogP contribution in [0, 0.1) is 12.7 Å². The molecule has 1 aromatic carbocycles. The molecule has 0 aliphatic carbocycles. The standard InChI is InChI=1S/C13H15FN4/c1-9-10(7-15)8-16-13(17-9)18(2)12-5-3-4-11(14)6-12/h3-6,8H,7,15H2,1-2H3. The minimum Gasteiger partial charge on any atom is -0.326 e. The largest absolute Gasteiger partial charge is 0.326 e. The number of anilines is 2. The zero-order valence-electron chi connectivity index (χ0n) is 10.4. The fraction of sp³-hybridized carbons (Fsp3) is 0.231. The van der Waals surface area contributed by atoms with Gasteiger partial charge in [0.1, 0.15) is 5.82 Å². The van der Waals surface area contributed by atoms with E-state index in [0.717, 1.165) is 11.3 Å². The van der Waals surface area contributed by atoms with Crippen LogP contribution in [0.15, 0.2) is 30.5 Å². The van der Waals surface area contributed by atoms with E-state index in [1.54, 1.807) is 30.3 Å². The molecular weight excluding hydrogens is 231 g/mol. The summed E-state index contributed by atoms with van der Waals surface area (Å²) in [5.41, 5.74) is 8.02. The van der Waals surface area contributed by atoms with Gasteiger partial charge in [-0.15, -0.1) is 0 Å². The predicted molar refractivity (Wildman–Crippen MR) is 69.1 cm³/mol. The van der Waals surface area contributed by atoms with Crippen molar-refractivity contribution in [1.29, 1.82) is 0 Å². The molecule has 0 radical (unpaired) electrons. The molecule has 0 aliphatic heterocycles. The molecule has 0 atom stereocenters. The van der Waals surface area contributed by atoms with Gasteiger partial charge in [-0.1, -0.05) is 6.07 Å². The maximum atomic E-state index is 13.2. The third kappa shape index (κ3) is 2.46. The van der Waals surface area contributed by atoms with Crippen molar-refractivity contribution in [2.45, 2.75) is 13.5 Å². The number of hydrogen-bond donors (Lipinski definition) is 1. The van der Waals surface area contributed by atoms with E-state index in [1.165, 1.54) is 12.1 Å². The average Bonchev–Trinajstić information content (AvgIpc) is 2.37. The van der Waals surface area contributed by atoms with Crippen LogP contribution in [0.5, 0.6) is 0 Å². The van der Waals surface area contributed by atoms with Crippen LogP contribution in [0.3, 0.4) is 0 Å². The van der Waals surface area contributed by atoms with Crippen LogP contribution in [0.25, 0.3) is 0 Å². The minimum atomic E-state index is -0.283. The zero-order valence-corrected chi connectivity index (χ0v) is 10.4. The number of rotatable bonds is 3. The average molecular weight is 246 g/mol. The van der Waals surface area contributed by atoms with Crippen molar-refractivity contribution in [2.24, 2.45) is 5.73 Å². The van der Waals surface area contributed by atoms with Crippen molar-refractivity contribution in [1.82, 2.24) is 9.97 Å². The van der Waals surface area contributed by atoms with Gasteiger partial charge < -0.3 is 10.6 Å². The molecule has 18 heavy (non-hydrogen) atoms. The van der Waals surface area contributed by atoms with E-state index in [4.69, 9.17) is 5.73 Å². The third-order valence-electron chi connectivity index (χ3n) is 2.78. The number of aromatic nitrogens is 2. The van der Waals surface area contributed by atoms with E-state index in [2.05, 4.69) is 9.97 Å². The van der Waals surface area contributed by atoms with Gasteiger partial charge in [0, 0.05) is 36.7 Å². The Kier molecular flexibility index (Phi) is 3.53. The number of hydrogen-bond acceptors (Lipinski definition) is 4. The third-order valence-corrected chi connectivity index (χ3v) is 2.78. The molecule has 0 amide bonds. The maximum absolute atomic E-state index is 13.2. The lowest BCUT2D eigenvalue weighted by Gasteiger charge is -2.18. The molecule has 0 aliphatic rings. The Morgan fingerprint density at radius 1 is 1.39 bits per heavy atom. The number of nitrogens with two attached hydrogens (primary N) is 1. The zero-order chi connectivity index (χ0) is 13.1. The molecule has 0 unspecified atom stereocenters. The lowest BCUT2D eigenvalue weighted by Crippen LogP contribution is -2.15. The van der Waals surface area contributed by atoms with Crippen LogP contribution in [-0.2, 0) is 6.54 Å². The van der Waals surface area contributed by atoms with E-state index in [1.807, 2.05) is 6.92 Å². The quantitative estimate of drug-likeness (QED) is 0.901. The molecule has 2 rings (SSSR count). The van der Waals surface area contributed by atoms with E-state index < -0.39 is 0 Å². The smallest absolute Gasteiger partial charge is 0.229 e. The highest BCUT2D eigenvalue weighted by atomic mass is 19.1. The Labute approximate surface area is 105 Å². The van der Waals surface area contributed by atoms with E-state index in [0.29, 0.717) is 18.2 Å². The van der Waals surface area contributed by atoms with Gasteiger partial charge >= 0.3 is 0 Å². The highest BCUT2D eigenvalue weighted by Crippen LogP contribution is 2.21. The first-order valence-electron chi connectivity index (χ1n) is 5.63. The van der Waals surface area contributed by atoms with Gasteiger partial charge in [0.25, 0.3) is 0 Å². The Hall–Kier alpha value is -2.01. The van der Waals surface area contributed by atoms with Gasteiger partial charge in [-0.05, 0) is 25.1 Å². The van der Waals surface area contributed by atoms with E-state index in [-0.39, 0.29) is 5.82 Å². The second-order valence-corrected chi connectivity index (χ2v) is 4.02. The van der Waals surface area contributed by atoms with Crippen LogP contribution in [0.1, 0.15) is 11.3 Å². The maximum Gasteiger partial charge on any atom is 0.229 e. The minimum absolute atomic E-state index is 0.283. The molecule has 1 heterocycles. The van der Waals surface area contributed by atoms with Gasteiger partial charge in [0.05, 0.1) is 0 Å². The first-order chi connectivity index (χ1) is 8.61. The summed E-state index contributed by atoms with van der Waals surface area (Å²) in [7, 11) is 1.80. The number of aryl methyl sites for hydroxylation is 1. The Morgan fingerprint density at radius 2 is 2.17 bits per heavy atom. The lowest BCUT2D eigenvalue weighted by molar-refractivity contribution is 0.628. The molecule has 0 fully saturated rings. The highest BCUT2D eigenvalue weighted by molar-refractivity contribution is 5.56. The van der Waals surface area contributed by atoms with Crippen molar-refractivity contribution in [3.63, 3.8) is 0 Å². The van der Waals surface area contributed by atoms with Crippen molar-refractivity contribution in [3.05, 3.63) is 47.5 Å². The SMILES string of the molecule is Cc1nc(N(C)c2cccc(F)c2)ncc1CN. The van der Waals surface area contributed by atoms with Crippen LogP contribution in [0.4, 0.5) is 16.0 Å². The number of halogens is 1. The normalized spacial score (nSPS) is 10.4. The summed E-state index contributed by atoms with van der Waals surface area (Å²) in [5, 5.41) is 0. The molecule has 0 saturated heterocycles. The Bertz CT molecular complexity index is 556. The molecule has 4 nitrogen and oxygen atoms in total. The van der Waals surface area contributed by atoms with Crippen LogP contribution >= 0.6 is 0 Å². The fourth-order valence-corrected chi connectivity index (χ4v) is 1.64. The summed E-state index contributed by atoms with van der Waals surface area (Å²) >= 11 is 0. The molecule has 0 saturated carbocycles. The first kappa shape index (κ1) is 12.4. The highest BCUT2D eigenvalue weighted by Gasteiger charge is 2.09. The summed E-state index contributed by atoms with van der Waals surface area (Å²) in [5.74, 6) is 0.241. The summed E-state index contributed by atoms with van der Waals surface area (Å²) in [4.78, 5) is 10.3. The van der Waals surface area contributed by atoms with E-state index in [9.17, 15) is 4.39 Å². The number of benzene rings is 1. The fourth-order valence-electron chi connectivity index (χ4n) is 1.64. The van der Waals surface area contributed by atoms with Crippen molar-refractivity contribution >= 4 is 11.6 Å². The molecule has 1 aromatic heterocycles. The molecule has 2 N–H and O–H groups in total. The van der Waals surface area contributed by atoms with Gasteiger partial charge in [0.15, 0.2) is 0 Å². The predicted octanol–water partition coefficient (Wildman–Crippen LogP) is 2.15. The molecule has 0 bridgehead atoms. The van der Waals surface area contributed by atoms with Gasteiger partial charge in [-0.25, -0.2) is 14.4 Å². The van der Waals surface area contributed by atoms with Gasteiger partial charge in [-0.2, -0.15) is 0 Å². The monoisotopic (exact) mass is 246 g/mol. The molecule has 94 valence electrons. The molecule has 0 spiro atoms.